The molecule has 4 aliphatic rings. The molecule has 2 saturated carbocycles. The van der Waals surface area contributed by atoms with E-state index >= 15 is 0 Å². The first kappa shape index (κ1) is 20.2. The molecule has 0 bridgehead atoms. The summed E-state index contributed by atoms with van der Waals surface area (Å²) in [5, 5.41) is 41.5. The zero-order valence-corrected chi connectivity index (χ0v) is 16.0. The van der Waals surface area contributed by atoms with Crippen LogP contribution in [0.1, 0.15) is 44.9 Å². The number of carboxylic acid groups (broad SMARTS) is 2. The molecule has 2 heterocycles. The predicted molar refractivity (Wildman–Crippen MR) is 94.9 cm³/mol. The van der Waals surface area contributed by atoms with Gasteiger partial charge in [-0.25, -0.2) is 9.28 Å². The molecule has 0 aromatic heterocycles. The molecule has 0 radical (unpaired) electrons. The molecule has 2 aliphatic heterocycles. The van der Waals surface area contributed by atoms with E-state index in [0.29, 0.717) is 25.8 Å². The van der Waals surface area contributed by atoms with Gasteiger partial charge in [0.15, 0.2) is 6.17 Å². The standard InChI is InChI=1S/C19H26N2O8/c22-9-1-2-11(12(7-9)16(25)26)15(24)20-14-4-6-21(14)18(29)19(21)5-3-10(23)8-13(19)17(27)28/h9-14,22-23H,1-8H2,(H2-,20,24,25,26,27,28)/p+1. The number of carbonyl (C=O) groups excluding carboxylic acids is 2. The molecule has 4 rings (SSSR count). The number of nitrogens with one attached hydrogen (secondary N) is 1. The highest BCUT2D eigenvalue weighted by molar-refractivity contribution is 5.98. The molecule has 10 nitrogen and oxygen atoms in total. The number of hydrogen-bond acceptors (Lipinski definition) is 6. The summed E-state index contributed by atoms with van der Waals surface area (Å²) in [5.41, 5.74) is -1.10. The van der Waals surface area contributed by atoms with Gasteiger partial charge in [-0.2, -0.15) is 0 Å². The highest BCUT2D eigenvalue weighted by Crippen LogP contribution is 2.62. The third-order valence-corrected chi connectivity index (χ3v) is 7.71. The maximum Gasteiger partial charge on any atom is 0.378 e. The van der Waals surface area contributed by atoms with E-state index in [1.807, 2.05) is 0 Å². The van der Waals surface area contributed by atoms with Gasteiger partial charge < -0.3 is 25.7 Å². The molecule has 160 valence electrons. The van der Waals surface area contributed by atoms with Crippen LogP contribution in [0.4, 0.5) is 0 Å². The smallest absolute Gasteiger partial charge is 0.378 e. The third-order valence-electron chi connectivity index (χ3n) is 7.71. The van der Waals surface area contributed by atoms with Crippen molar-refractivity contribution in [3.05, 3.63) is 0 Å². The largest absolute Gasteiger partial charge is 0.481 e. The van der Waals surface area contributed by atoms with Gasteiger partial charge in [-0.1, -0.05) is 0 Å². The maximum atomic E-state index is 13.0. The minimum Gasteiger partial charge on any atom is -0.481 e. The third kappa shape index (κ3) is 2.72. The molecule has 0 aromatic carbocycles. The second-order valence-electron chi connectivity index (χ2n) is 8.97. The van der Waals surface area contributed by atoms with Gasteiger partial charge in [0, 0.05) is 6.42 Å². The van der Waals surface area contributed by atoms with E-state index in [-0.39, 0.29) is 36.1 Å². The topological polar surface area (TPSA) is 161 Å². The normalized spacial score (nSPS) is 46.2. The molecule has 2 amide bonds. The molecule has 29 heavy (non-hydrogen) atoms. The second-order valence-corrected chi connectivity index (χ2v) is 8.97. The van der Waals surface area contributed by atoms with E-state index in [4.69, 9.17) is 0 Å². The van der Waals surface area contributed by atoms with Crippen LogP contribution >= 0.6 is 0 Å². The molecule has 4 fully saturated rings. The highest BCUT2D eigenvalue weighted by Gasteiger charge is 2.90. The molecule has 2 aliphatic carbocycles. The number of aliphatic hydroxyl groups excluding tert-OH is 2. The molecule has 10 heteroatoms. The van der Waals surface area contributed by atoms with Crippen molar-refractivity contribution in [3.8, 4) is 0 Å². The lowest BCUT2D eigenvalue weighted by molar-refractivity contribution is -0.874. The molecular formula is C19H27N2O8+. The quantitative estimate of drug-likeness (QED) is 0.292. The SMILES string of the molecule is O=C(O)C1CC(O)CCC1C(=O)NC1CC[N+]12C(=O)C21CCC(O)CC1C(=O)O. The first-order chi connectivity index (χ1) is 13.6. The Kier molecular flexibility index (Phi) is 4.71. The van der Waals surface area contributed by atoms with E-state index in [1.54, 1.807) is 0 Å². The monoisotopic (exact) mass is 411 g/mol. The molecule has 0 aromatic rings. The number of rotatable bonds is 4. The van der Waals surface area contributed by atoms with E-state index in [9.17, 15) is 39.6 Å². The first-order valence-corrected chi connectivity index (χ1v) is 10.2. The number of carboxylic acids is 2. The Bertz CT molecular complexity index is 771. The molecule has 2 saturated heterocycles. The van der Waals surface area contributed by atoms with Gasteiger partial charge in [-0.05, 0) is 32.1 Å². The number of quaternary nitrogens is 1. The lowest BCUT2D eigenvalue weighted by Crippen LogP contribution is -2.66. The molecule has 5 N–H and O–H groups in total. The van der Waals surface area contributed by atoms with Crippen LogP contribution in [0, 0.1) is 17.8 Å². The summed E-state index contributed by atoms with van der Waals surface area (Å²) in [6.07, 6.45) is -0.313. The van der Waals surface area contributed by atoms with Crippen LogP contribution in [0.5, 0.6) is 0 Å². The number of hydrogen-bond donors (Lipinski definition) is 5. The summed E-state index contributed by atoms with van der Waals surface area (Å²) in [4.78, 5) is 49.1. The summed E-state index contributed by atoms with van der Waals surface area (Å²) in [5.74, 6) is -5.67. The zero-order valence-electron chi connectivity index (χ0n) is 16.0. The molecule has 8 atom stereocenters. The van der Waals surface area contributed by atoms with E-state index in [1.165, 1.54) is 0 Å². The van der Waals surface area contributed by atoms with Crippen LogP contribution in [-0.2, 0) is 19.2 Å². The summed E-state index contributed by atoms with van der Waals surface area (Å²) in [6.45, 7) is 0.440. The van der Waals surface area contributed by atoms with Gasteiger partial charge in [-0.3, -0.25) is 14.4 Å². The van der Waals surface area contributed by atoms with Crippen molar-refractivity contribution < 1.29 is 44.1 Å². The number of aliphatic carboxylic acids is 2. The Balaban J connectivity index is 1.51. The van der Waals surface area contributed by atoms with Crippen LogP contribution < -0.4 is 5.32 Å². The fourth-order valence-electron chi connectivity index (χ4n) is 6.07. The first-order valence-electron chi connectivity index (χ1n) is 10.2. The minimum atomic E-state index is -1.13. The van der Waals surface area contributed by atoms with Crippen molar-refractivity contribution in [2.75, 3.05) is 6.54 Å². The zero-order chi connectivity index (χ0) is 21.1. The van der Waals surface area contributed by atoms with Crippen molar-refractivity contribution in [1.29, 1.82) is 0 Å². The van der Waals surface area contributed by atoms with Gasteiger partial charge >= 0.3 is 17.8 Å². The van der Waals surface area contributed by atoms with Crippen molar-refractivity contribution in [3.63, 3.8) is 0 Å². The Hall–Kier alpha value is -2.04. The van der Waals surface area contributed by atoms with Crippen LogP contribution in [0.3, 0.4) is 0 Å². The Morgan fingerprint density at radius 1 is 0.931 bits per heavy atom. The summed E-state index contributed by atoms with van der Waals surface area (Å²) < 4.78 is -0.102. The van der Waals surface area contributed by atoms with Crippen molar-refractivity contribution >= 4 is 23.8 Å². The summed E-state index contributed by atoms with van der Waals surface area (Å²) in [7, 11) is 0. The minimum absolute atomic E-state index is 0.0138. The van der Waals surface area contributed by atoms with Crippen molar-refractivity contribution in [1.82, 2.24) is 5.32 Å². The second kappa shape index (κ2) is 6.75. The number of nitrogens with zero attached hydrogens (tertiary/aromatic N) is 1. The average molecular weight is 411 g/mol. The fourth-order valence-corrected chi connectivity index (χ4v) is 6.07. The van der Waals surface area contributed by atoms with E-state index < -0.39 is 59.5 Å². The van der Waals surface area contributed by atoms with Gasteiger partial charge in [0.2, 0.25) is 11.4 Å². The fraction of sp³-hybridized carbons (Fsp3) is 0.789. The van der Waals surface area contributed by atoms with E-state index in [0.717, 1.165) is 0 Å². The number of aliphatic hydroxyl groups is 2. The average Bonchev–Trinajstić information content (AvgIpc) is 3.21. The van der Waals surface area contributed by atoms with Crippen LogP contribution in [-0.4, -0.2) is 79.1 Å². The lowest BCUT2D eigenvalue weighted by Gasteiger charge is -2.43. The number of carbonyl (C=O) groups is 4. The van der Waals surface area contributed by atoms with E-state index in [2.05, 4.69) is 5.32 Å². The Morgan fingerprint density at radius 3 is 2.21 bits per heavy atom. The number of amides is 2. The van der Waals surface area contributed by atoms with Gasteiger partial charge in [0.25, 0.3) is 0 Å². The molecule has 8 unspecified atom stereocenters. The number of fused-ring (bicyclic) bond motifs is 1. The van der Waals surface area contributed by atoms with Crippen LogP contribution in [0.25, 0.3) is 0 Å². The predicted octanol–water partition coefficient (Wildman–Crippen LogP) is -0.964. The van der Waals surface area contributed by atoms with Gasteiger partial charge in [0.1, 0.15) is 5.92 Å². The van der Waals surface area contributed by atoms with Crippen molar-refractivity contribution in [2.45, 2.75) is 68.9 Å². The van der Waals surface area contributed by atoms with Gasteiger partial charge in [0.05, 0.1) is 37.0 Å². The molecular weight excluding hydrogens is 384 g/mol. The summed E-state index contributed by atoms with van der Waals surface area (Å²) in [6, 6.07) is 0. The Labute approximate surface area is 167 Å². The lowest BCUT2D eigenvalue weighted by atomic mass is 9.75. The maximum absolute atomic E-state index is 13.0. The van der Waals surface area contributed by atoms with Gasteiger partial charge in [-0.15, -0.1) is 0 Å². The summed E-state index contributed by atoms with van der Waals surface area (Å²) >= 11 is 0. The van der Waals surface area contributed by atoms with Crippen LogP contribution in [0.15, 0.2) is 0 Å². The Morgan fingerprint density at radius 2 is 1.62 bits per heavy atom. The molecule has 2 spiro atoms. The highest BCUT2D eigenvalue weighted by atomic mass is 16.4. The van der Waals surface area contributed by atoms with Crippen molar-refractivity contribution in [2.24, 2.45) is 17.8 Å². The van der Waals surface area contributed by atoms with Crippen LogP contribution in [0.2, 0.25) is 0 Å².